The maximum Gasteiger partial charge on any atom is 0.242 e. The Hall–Kier alpha value is -1.30. The van der Waals surface area contributed by atoms with Gasteiger partial charge < -0.3 is 20.1 Å². The molecule has 1 aliphatic rings. The fourth-order valence-corrected chi connectivity index (χ4v) is 1.90. The van der Waals surface area contributed by atoms with Crippen molar-refractivity contribution < 1.29 is 14.6 Å². The number of nitrogens with one attached hydrogen (secondary N) is 1. The molecule has 1 fully saturated rings. The highest BCUT2D eigenvalue weighted by molar-refractivity contribution is 5.85. The quantitative estimate of drug-likeness (QED) is 0.857. The van der Waals surface area contributed by atoms with Gasteiger partial charge in [0, 0.05) is 18.8 Å². The molecule has 0 aliphatic carbocycles. The Morgan fingerprint density at radius 2 is 2.16 bits per heavy atom. The number of amides is 1. The third-order valence-electron chi connectivity index (χ3n) is 2.91. The van der Waals surface area contributed by atoms with Crippen molar-refractivity contribution in [2.45, 2.75) is 6.10 Å². The first-order valence-electron chi connectivity index (χ1n) is 6.09. The Labute approximate surface area is 119 Å². The average molecular weight is 287 g/mol. The molecule has 0 saturated carbocycles. The van der Waals surface area contributed by atoms with E-state index in [-0.39, 0.29) is 37.6 Å². The van der Waals surface area contributed by atoms with Crippen molar-refractivity contribution in [1.29, 1.82) is 0 Å². The second kappa shape index (κ2) is 7.99. The first-order valence-corrected chi connectivity index (χ1v) is 6.09. The lowest BCUT2D eigenvalue weighted by Gasteiger charge is -2.32. The molecule has 1 atom stereocenters. The molecule has 2 N–H and O–H groups in total. The third-order valence-corrected chi connectivity index (χ3v) is 2.91. The molecule has 0 spiro atoms. The number of para-hydroxylation sites is 1. The minimum Gasteiger partial charge on any atom is -0.394 e. The molecule has 19 heavy (non-hydrogen) atoms. The van der Waals surface area contributed by atoms with Crippen LogP contribution in [0.4, 0.5) is 5.69 Å². The van der Waals surface area contributed by atoms with Gasteiger partial charge in [-0.25, -0.2) is 0 Å². The Kier molecular flexibility index (Phi) is 6.62. The van der Waals surface area contributed by atoms with E-state index < -0.39 is 0 Å². The highest BCUT2D eigenvalue weighted by Gasteiger charge is 2.23. The molecule has 1 heterocycles. The van der Waals surface area contributed by atoms with Gasteiger partial charge in [-0.2, -0.15) is 0 Å². The van der Waals surface area contributed by atoms with Crippen LogP contribution in [0.25, 0.3) is 0 Å². The van der Waals surface area contributed by atoms with Gasteiger partial charge in [-0.15, -0.1) is 12.4 Å². The maximum atomic E-state index is 12.0. The standard InChI is InChI=1S/C13H18N2O3.ClH/c16-10-12-9-15(6-7-18-12)13(17)8-14-11-4-2-1-3-5-11;/h1-5,12,14,16H,6-10H2;1H. The van der Waals surface area contributed by atoms with Crippen molar-refractivity contribution in [3.05, 3.63) is 30.3 Å². The van der Waals surface area contributed by atoms with E-state index in [1.165, 1.54) is 0 Å². The van der Waals surface area contributed by atoms with E-state index in [1.54, 1.807) is 4.90 Å². The average Bonchev–Trinajstić information content (AvgIpc) is 2.46. The highest BCUT2D eigenvalue weighted by Crippen LogP contribution is 2.07. The van der Waals surface area contributed by atoms with E-state index in [4.69, 9.17) is 9.84 Å². The van der Waals surface area contributed by atoms with E-state index in [2.05, 4.69) is 5.32 Å². The summed E-state index contributed by atoms with van der Waals surface area (Å²) in [6.07, 6.45) is -0.251. The number of hydrogen-bond acceptors (Lipinski definition) is 4. The van der Waals surface area contributed by atoms with Crippen LogP contribution in [0.3, 0.4) is 0 Å². The second-order valence-corrected chi connectivity index (χ2v) is 4.23. The minimum absolute atomic E-state index is 0. The van der Waals surface area contributed by atoms with E-state index in [0.29, 0.717) is 19.7 Å². The van der Waals surface area contributed by atoms with Crippen LogP contribution < -0.4 is 5.32 Å². The van der Waals surface area contributed by atoms with Crippen LogP contribution in [-0.2, 0) is 9.53 Å². The number of carbonyl (C=O) groups is 1. The smallest absolute Gasteiger partial charge is 0.242 e. The monoisotopic (exact) mass is 286 g/mol. The lowest BCUT2D eigenvalue weighted by atomic mass is 10.2. The highest BCUT2D eigenvalue weighted by atomic mass is 35.5. The van der Waals surface area contributed by atoms with E-state index >= 15 is 0 Å². The van der Waals surface area contributed by atoms with Crippen molar-refractivity contribution in [3.63, 3.8) is 0 Å². The number of hydrogen-bond donors (Lipinski definition) is 2. The number of rotatable bonds is 4. The summed E-state index contributed by atoms with van der Waals surface area (Å²) in [5.74, 6) is 0.0283. The van der Waals surface area contributed by atoms with Crippen LogP contribution in [0.1, 0.15) is 0 Å². The largest absolute Gasteiger partial charge is 0.394 e. The van der Waals surface area contributed by atoms with E-state index in [1.807, 2.05) is 30.3 Å². The summed E-state index contributed by atoms with van der Waals surface area (Å²) in [6, 6.07) is 9.61. The minimum atomic E-state index is -0.251. The van der Waals surface area contributed by atoms with E-state index in [9.17, 15) is 4.79 Å². The van der Waals surface area contributed by atoms with Crippen LogP contribution in [0.2, 0.25) is 0 Å². The van der Waals surface area contributed by atoms with Gasteiger partial charge in [0.25, 0.3) is 0 Å². The molecule has 1 unspecified atom stereocenters. The van der Waals surface area contributed by atoms with Gasteiger partial charge in [-0.3, -0.25) is 4.79 Å². The second-order valence-electron chi connectivity index (χ2n) is 4.23. The van der Waals surface area contributed by atoms with Crippen molar-refractivity contribution in [1.82, 2.24) is 4.90 Å². The number of carbonyl (C=O) groups excluding carboxylic acids is 1. The zero-order valence-corrected chi connectivity index (χ0v) is 11.4. The first-order chi connectivity index (χ1) is 8.79. The molecule has 1 saturated heterocycles. The number of ether oxygens (including phenoxy) is 1. The van der Waals surface area contributed by atoms with Crippen molar-refractivity contribution in [3.8, 4) is 0 Å². The van der Waals surface area contributed by atoms with Crippen LogP contribution in [-0.4, -0.2) is 54.9 Å². The molecule has 1 aliphatic heterocycles. The summed E-state index contributed by atoms with van der Waals surface area (Å²) < 4.78 is 5.31. The van der Waals surface area contributed by atoms with Crippen LogP contribution in [0.5, 0.6) is 0 Å². The van der Waals surface area contributed by atoms with Crippen molar-refractivity contribution in [2.75, 3.05) is 38.2 Å². The number of aliphatic hydroxyl groups excluding tert-OH is 1. The zero-order valence-electron chi connectivity index (χ0n) is 10.6. The fraction of sp³-hybridized carbons (Fsp3) is 0.462. The summed E-state index contributed by atoms with van der Waals surface area (Å²) in [5.41, 5.74) is 0.929. The number of aliphatic hydroxyl groups is 1. The molecular weight excluding hydrogens is 268 g/mol. The number of morpholine rings is 1. The number of halogens is 1. The van der Waals surface area contributed by atoms with E-state index in [0.717, 1.165) is 5.69 Å². The molecule has 1 aromatic carbocycles. The lowest BCUT2D eigenvalue weighted by molar-refractivity contribution is -0.138. The Morgan fingerprint density at radius 3 is 2.84 bits per heavy atom. The van der Waals surface area contributed by atoms with Crippen LogP contribution >= 0.6 is 12.4 Å². The molecule has 106 valence electrons. The summed E-state index contributed by atoms with van der Waals surface area (Å²) in [7, 11) is 0. The molecule has 0 aromatic heterocycles. The maximum absolute atomic E-state index is 12.0. The summed E-state index contributed by atoms with van der Waals surface area (Å²) in [4.78, 5) is 13.7. The van der Waals surface area contributed by atoms with Crippen LogP contribution in [0.15, 0.2) is 30.3 Å². The van der Waals surface area contributed by atoms with Gasteiger partial charge in [0.05, 0.1) is 25.9 Å². The van der Waals surface area contributed by atoms with Gasteiger partial charge in [0.15, 0.2) is 0 Å². The van der Waals surface area contributed by atoms with Crippen molar-refractivity contribution in [2.24, 2.45) is 0 Å². The molecule has 2 rings (SSSR count). The summed E-state index contributed by atoms with van der Waals surface area (Å²) >= 11 is 0. The van der Waals surface area contributed by atoms with Gasteiger partial charge in [0.1, 0.15) is 0 Å². The third kappa shape index (κ3) is 4.70. The Morgan fingerprint density at radius 1 is 1.42 bits per heavy atom. The zero-order chi connectivity index (χ0) is 12.8. The molecule has 0 radical (unpaired) electrons. The number of nitrogens with zero attached hydrogens (tertiary/aromatic N) is 1. The molecule has 6 heteroatoms. The Balaban J connectivity index is 0.00000180. The molecule has 1 aromatic rings. The van der Waals surface area contributed by atoms with Gasteiger partial charge in [-0.1, -0.05) is 18.2 Å². The fourth-order valence-electron chi connectivity index (χ4n) is 1.90. The normalized spacial score (nSPS) is 18.6. The molecule has 5 nitrogen and oxygen atoms in total. The molecule has 0 bridgehead atoms. The summed E-state index contributed by atoms with van der Waals surface area (Å²) in [5, 5.41) is 12.1. The van der Waals surface area contributed by atoms with Gasteiger partial charge >= 0.3 is 0 Å². The number of benzene rings is 1. The predicted octanol–water partition coefficient (Wildman–Crippen LogP) is 0.740. The SMILES string of the molecule is Cl.O=C(CNc1ccccc1)N1CCOC(CO)C1. The van der Waals surface area contributed by atoms with Gasteiger partial charge in [-0.05, 0) is 12.1 Å². The van der Waals surface area contributed by atoms with Crippen LogP contribution in [0, 0.1) is 0 Å². The number of anilines is 1. The van der Waals surface area contributed by atoms with Crippen molar-refractivity contribution >= 4 is 24.0 Å². The topological polar surface area (TPSA) is 61.8 Å². The summed E-state index contributed by atoms with van der Waals surface area (Å²) in [6.45, 7) is 1.76. The Bertz CT molecular complexity index is 389. The molecule has 1 amide bonds. The predicted molar refractivity (Wildman–Crippen MR) is 75.6 cm³/mol. The lowest BCUT2D eigenvalue weighted by Crippen LogP contribution is -2.48. The van der Waals surface area contributed by atoms with Gasteiger partial charge in [0.2, 0.25) is 5.91 Å². The molecular formula is C13H19ClN2O3. The first kappa shape index (κ1) is 15.8.